The average Bonchev–Trinajstić information content (AvgIpc) is 3.14. The molecule has 0 radical (unpaired) electrons. The SMILES string of the molecule is CCCN(CC1CC1)c1cc(Cl)ccc1CC(C)N. The van der Waals surface area contributed by atoms with Crippen LogP contribution < -0.4 is 10.6 Å². The maximum Gasteiger partial charge on any atom is 0.0426 e. The van der Waals surface area contributed by atoms with Crippen LogP contribution in [0.2, 0.25) is 5.02 Å². The van der Waals surface area contributed by atoms with Crippen molar-refractivity contribution in [2.24, 2.45) is 11.7 Å². The lowest BCUT2D eigenvalue weighted by Gasteiger charge is -2.27. The highest BCUT2D eigenvalue weighted by molar-refractivity contribution is 6.30. The number of nitrogens with zero attached hydrogens (tertiary/aromatic N) is 1. The van der Waals surface area contributed by atoms with Crippen LogP contribution in [0.5, 0.6) is 0 Å². The summed E-state index contributed by atoms with van der Waals surface area (Å²) in [5, 5.41) is 0.820. The Kier molecular flexibility index (Phi) is 5.12. The lowest BCUT2D eigenvalue weighted by Crippen LogP contribution is -2.28. The van der Waals surface area contributed by atoms with Crippen LogP contribution in [-0.2, 0) is 6.42 Å². The molecule has 1 aromatic rings. The zero-order chi connectivity index (χ0) is 13.8. The van der Waals surface area contributed by atoms with Crippen molar-refractivity contribution in [2.75, 3.05) is 18.0 Å². The van der Waals surface area contributed by atoms with E-state index in [1.54, 1.807) is 0 Å². The Bertz CT molecular complexity index is 413. The molecule has 0 saturated heterocycles. The van der Waals surface area contributed by atoms with Gasteiger partial charge in [-0.25, -0.2) is 0 Å². The van der Waals surface area contributed by atoms with E-state index in [2.05, 4.69) is 30.9 Å². The first-order chi connectivity index (χ1) is 9.10. The number of hydrogen-bond acceptors (Lipinski definition) is 2. The summed E-state index contributed by atoms with van der Waals surface area (Å²) in [6.45, 7) is 6.56. The van der Waals surface area contributed by atoms with Gasteiger partial charge in [-0.1, -0.05) is 24.6 Å². The van der Waals surface area contributed by atoms with Crippen LogP contribution in [0, 0.1) is 5.92 Å². The van der Waals surface area contributed by atoms with Gasteiger partial charge in [0.2, 0.25) is 0 Å². The third kappa shape index (κ3) is 4.39. The lowest BCUT2D eigenvalue weighted by molar-refractivity contribution is 0.692. The van der Waals surface area contributed by atoms with Crippen molar-refractivity contribution in [1.82, 2.24) is 0 Å². The summed E-state index contributed by atoms with van der Waals surface area (Å²) in [5.41, 5.74) is 8.59. The molecule has 19 heavy (non-hydrogen) atoms. The molecule has 1 saturated carbocycles. The number of rotatable bonds is 7. The third-order valence-corrected chi connectivity index (χ3v) is 3.83. The monoisotopic (exact) mass is 280 g/mol. The fourth-order valence-electron chi connectivity index (χ4n) is 2.54. The van der Waals surface area contributed by atoms with Crippen LogP contribution in [0.1, 0.15) is 38.7 Å². The molecule has 1 atom stereocenters. The van der Waals surface area contributed by atoms with E-state index in [0.717, 1.165) is 30.3 Å². The Morgan fingerprint density at radius 2 is 2.16 bits per heavy atom. The number of nitrogens with two attached hydrogens (primary N) is 1. The average molecular weight is 281 g/mol. The van der Waals surface area contributed by atoms with Crippen LogP contribution in [-0.4, -0.2) is 19.1 Å². The minimum absolute atomic E-state index is 0.185. The predicted octanol–water partition coefficient (Wildman–Crippen LogP) is 3.86. The second kappa shape index (κ2) is 6.62. The summed E-state index contributed by atoms with van der Waals surface area (Å²) < 4.78 is 0. The van der Waals surface area contributed by atoms with Crippen LogP contribution in [0.4, 0.5) is 5.69 Å². The highest BCUT2D eigenvalue weighted by Crippen LogP contribution is 2.33. The van der Waals surface area contributed by atoms with Crippen molar-refractivity contribution in [2.45, 2.75) is 45.6 Å². The fourth-order valence-corrected chi connectivity index (χ4v) is 2.71. The zero-order valence-electron chi connectivity index (χ0n) is 12.0. The predicted molar refractivity (Wildman–Crippen MR) is 84.0 cm³/mol. The van der Waals surface area contributed by atoms with Crippen LogP contribution in [0.15, 0.2) is 18.2 Å². The van der Waals surface area contributed by atoms with Crippen molar-refractivity contribution in [1.29, 1.82) is 0 Å². The van der Waals surface area contributed by atoms with E-state index in [4.69, 9.17) is 17.3 Å². The van der Waals surface area contributed by atoms with Gasteiger partial charge in [0.25, 0.3) is 0 Å². The van der Waals surface area contributed by atoms with Gasteiger partial charge in [-0.2, -0.15) is 0 Å². The van der Waals surface area contributed by atoms with Crippen LogP contribution in [0.3, 0.4) is 0 Å². The Balaban J connectivity index is 2.23. The highest BCUT2D eigenvalue weighted by Gasteiger charge is 2.25. The highest BCUT2D eigenvalue weighted by atomic mass is 35.5. The van der Waals surface area contributed by atoms with Crippen molar-refractivity contribution < 1.29 is 0 Å². The minimum Gasteiger partial charge on any atom is -0.371 e. The third-order valence-electron chi connectivity index (χ3n) is 3.60. The van der Waals surface area contributed by atoms with Gasteiger partial charge < -0.3 is 10.6 Å². The smallest absolute Gasteiger partial charge is 0.0426 e. The molecule has 0 aromatic heterocycles. The topological polar surface area (TPSA) is 29.3 Å². The number of halogens is 1. The van der Waals surface area contributed by atoms with Crippen LogP contribution >= 0.6 is 11.6 Å². The van der Waals surface area contributed by atoms with E-state index in [9.17, 15) is 0 Å². The summed E-state index contributed by atoms with van der Waals surface area (Å²) in [6.07, 6.45) is 4.83. The molecule has 0 bridgehead atoms. The Labute approximate surface area is 121 Å². The van der Waals surface area contributed by atoms with Crippen LogP contribution in [0.25, 0.3) is 0 Å². The molecule has 0 spiro atoms. The van der Waals surface area contributed by atoms with E-state index in [0.29, 0.717) is 0 Å². The van der Waals surface area contributed by atoms with Gasteiger partial charge in [0.1, 0.15) is 0 Å². The lowest BCUT2D eigenvalue weighted by atomic mass is 10.0. The molecular formula is C16H25ClN2. The van der Waals surface area contributed by atoms with Gasteiger partial charge >= 0.3 is 0 Å². The van der Waals surface area contributed by atoms with E-state index in [1.165, 1.54) is 30.6 Å². The molecule has 0 heterocycles. The van der Waals surface area contributed by atoms with Gasteiger partial charge in [-0.3, -0.25) is 0 Å². The van der Waals surface area contributed by atoms with E-state index in [-0.39, 0.29) is 6.04 Å². The second-order valence-electron chi connectivity index (χ2n) is 5.84. The normalized spacial score (nSPS) is 16.4. The Morgan fingerprint density at radius 1 is 1.42 bits per heavy atom. The van der Waals surface area contributed by atoms with Gasteiger partial charge in [-0.05, 0) is 56.2 Å². The maximum atomic E-state index is 6.19. The van der Waals surface area contributed by atoms with Gasteiger partial charge in [0.05, 0.1) is 0 Å². The molecule has 1 aliphatic carbocycles. The van der Waals surface area contributed by atoms with Gasteiger partial charge in [0, 0.05) is 29.8 Å². The Hall–Kier alpha value is -0.730. The zero-order valence-corrected chi connectivity index (χ0v) is 12.8. The Morgan fingerprint density at radius 3 is 2.74 bits per heavy atom. The van der Waals surface area contributed by atoms with Gasteiger partial charge in [0.15, 0.2) is 0 Å². The van der Waals surface area contributed by atoms with E-state index in [1.807, 2.05) is 6.07 Å². The van der Waals surface area contributed by atoms with E-state index >= 15 is 0 Å². The summed E-state index contributed by atoms with van der Waals surface area (Å²) in [7, 11) is 0. The summed E-state index contributed by atoms with van der Waals surface area (Å²) in [4.78, 5) is 2.50. The second-order valence-corrected chi connectivity index (χ2v) is 6.28. The molecule has 1 fully saturated rings. The van der Waals surface area contributed by atoms with Crippen molar-refractivity contribution in [3.63, 3.8) is 0 Å². The number of benzene rings is 1. The fraction of sp³-hybridized carbons (Fsp3) is 0.625. The molecule has 0 aliphatic heterocycles. The molecule has 2 nitrogen and oxygen atoms in total. The van der Waals surface area contributed by atoms with E-state index < -0.39 is 0 Å². The summed E-state index contributed by atoms with van der Waals surface area (Å²) in [6, 6.07) is 6.40. The molecule has 3 heteroatoms. The first-order valence-electron chi connectivity index (χ1n) is 7.39. The molecule has 2 rings (SSSR count). The molecule has 0 amide bonds. The van der Waals surface area contributed by atoms with Crippen molar-refractivity contribution >= 4 is 17.3 Å². The molecule has 1 unspecified atom stereocenters. The number of anilines is 1. The molecule has 1 aliphatic rings. The molecule has 1 aromatic carbocycles. The van der Waals surface area contributed by atoms with Crippen molar-refractivity contribution in [3.8, 4) is 0 Å². The molecule has 2 N–H and O–H groups in total. The molecule has 106 valence electrons. The first-order valence-corrected chi connectivity index (χ1v) is 7.77. The first kappa shape index (κ1) is 14.7. The standard InChI is InChI=1S/C16H25ClN2/c1-3-8-19(11-13-4-5-13)16-10-15(17)7-6-14(16)9-12(2)18/h6-7,10,12-13H,3-5,8-9,11,18H2,1-2H3. The quantitative estimate of drug-likeness (QED) is 0.822. The molecular weight excluding hydrogens is 256 g/mol. The van der Waals surface area contributed by atoms with Crippen molar-refractivity contribution in [3.05, 3.63) is 28.8 Å². The summed E-state index contributed by atoms with van der Waals surface area (Å²) in [5.74, 6) is 0.883. The maximum absolute atomic E-state index is 6.19. The largest absolute Gasteiger partial charge is 0.371 e. The number of hydrogen-bond donors (Lipinski definition) is 1. The summed E-state index contributed by atoms with van der Waals surface area (Å²) >= 11 is 6.19. The van der Waals surface area contributed by atoms with Gasteiger partial charge in [-0.15, -0.1) is 0 Å². The minimum atomic E-state index is 0.185.